The zero-order valence-electron chi connectivity index (χ0n) is 7.48. The lowest BCUT2D eigenvalue weighted by Gasteiger charge is -2.16. The lowest BCUT2D eigenvalue weighted by molar-refractivity contribution is 0.924. The van der Waals surface area contributed by atoms with Crippen molar-refractivity contribution >= 4 is 5.82 Å². The molecule has 13 heavy (non-hydrogen) atoms. The normalized spacial score (nSPS) is 15.3. The van der Waals surface area contributed by atoms with Crippen LogP contribution in [-0.2, 0) is 6.54 Å². The number of aromatic nitrogens is 1. The van der Waals surface area contributed by atoms with Gasteiger partial charge in [0.15, 0.2) is 0 Å². The maximum absolute atomic E-state index is 5.52. The molecule has 2 N–H and O–H groups in total. The van der Waals surface area contributed by atoms with Crippen molar-refractivity contribution in [2.45, 2.75) is 6.54 Å². The van der Waals surface area contributed by atoms with Crippen molar-refractivity contribution in [3.8, 4) is 0 Å². The van der Waals surface area contributed by atoms with Gasteiger partial charge >= 0.3 is 0 Å². The molecule has 0 bridgehead atoms. The van der Waals surface area contributed by atoms with E-state index in [4.69, 9.17) is 5.73 Å². The van der Waals surface area contributed by atoms with Gasteiger partial charge in [-0.1, -0.05) is 18.2 Å². The Balaban J connectivity index is 2.19. The van der Waals surface area contributed by atoms with Crippen LogP contribution in [0.5, 0.6) is 0 Å². The Labute approximate surface area is 77.9 Å². The molecular formula is C10H13N3. The third-order valence-corrected chi connectivity index (χ3v) is 2.14. The van der Waals surface area contributed by atoms with Crippen LogP contribution in [0.15, 0.2) is 30.4 Å². The van der Waals surface area contributed by atoms with E-state index in [-0.39, 0.29) is 0 Å². The third kappa shape index (κ3) is 1.70. The first-order valence-electron chi connectivity index (χ1n) is 4.46. The maximum Gasteiger partial charge on any atom is 0.129 e. The van der Waals surface area contributed by atoms with Crippen molar-refractivity contribution in [3.05, 3.63) is 36.0 Å². The van der Waals surface area contributed by atoms with Gasteiger partial charge in [-0.25, -0.2) is 4.98 Å². The topological polar surface area (TPSA) is 42.1 Å². The summed E-state index contributed by atoms with van der Waals surface area (Å²) in [7, 11) is 0. The summed E-state index contributed by atoms with van der Waals surface area (Å²) >= 11 is 0. The molecule has 1 aromatic rings. The van der Waals surface area contributed by atoms with Crippen LogP contribution in [0.1, 0.15) is 5.69 Å². The van der Waals surface area contributed by atoms with Crippen molar-refractivity contribution < 1.29 is 0 Å². The van der Waals surface area contributed by atoms with E-state index in [1.807, 2.05) is 18.2 Å². The Hall–Kier alpha value is -1.35. The van der Waals surface area contributed by atoms with Gasteiger partial charge in [-0.15, -0.1) is 0 Å². The largest absolute Gasteiger partial charge is 0.349 e. The summed E-state index contributed by atoms with van der Waals surface area (Å²) in [5, 5.41) is 0. The molecule has 0 unspecified atom stereocenters. The van der Waals surface area contributed by atoms with E-state index in [9.17, 15) is 0 Å². The summed E-state index contributed by atoms with van der Waals surface area (Å²) in [4.78, 5) is 6.64. The summed E-state index contributed by atoms with van der Waals surface area (Å²) in [5.41, 5.74) is 6.47. The number of hydrogen-bond acceptors (Lipinski definition) is 3. The Morgan fingerprint density at radius 1 is 1.31 bits per heavy atom. The summed E-state index contributed by atoms with van der Waals surface area (Å²) in [6.45, 7) is 2.43. The quantitative estimate of drug-likeness (QED) is 0.679. The minimum absolute atomic E-state index is 0.509. The molecule has 0 aliphatic carbocycles. The lowest BCUT2D eigenvalue weighted by Crippen LogP contribution is -2.20. The SMILES string of the molecule is NCc1cccc(N2CC=CC2)n1. The molecule has 68 valence electrons. The van der Waals surface area contributed by atoms with Crippen molar-refractivity contribution in [2.24, 2.45) is 5.73 Å². The van der Waals surface area contributed by atoms with Gasteiger partial charge in [-0.3, -0.25) is 0 Å². The van der Waals surface area contributed by atoms with E-state index in [0.29, 0.717) is 6.54 Å². The van der Waals surface area contributed by atoms with Gasteiger partial charge in [-0.05, 0) is 12.1 Å². The summed E-state index contributed by atoms with van der Waals surface area (Å²) < 4.78 is 0. The summed E-state index contributed by atoms with van der Waals surface area (Å²) in [6.07, 6.45) is 4.30. The third-order valence-electron chi connectivity index (χ3n) is 2.14. The average Bonchev–Trinajstić information content (AvgIpc) is 2.71. The Kier molecular flexibility index (Phi) is 2.27. The van der Waals surface area contributed by atoms with Crippen LogP contribution in [0.2, 0.25) is 0 Å². The second-order valence-corrected chi connectivity index (χ2v) is 3.07. The molecule has 0 radical (unpaired) electrons. The van der Waals surface area contributed by atoms with E-state index >= 15 is 0 Å². The lowest BCUT2D eigenvalue weighted by atomic mass is 10.3. The fourth-order valence-corrected chi connectivity index (χ4v) is 1.42. The Morgan fingerprint density at radius 3 is 2.77 bits per heavy atom. The van der Waals surface area contributed by atoms with Crippen molar-refractivity contribution in [2.75, 3.05) is 18.0 Å². The molecule has 0 spiro atoms. The highest BCUT2D eigenvalue weighted by molar-refractivity contribution is 5.42. The molecule has 0 saturated heterocycles. The molecule has 3 heteroatoms. The predicted molar refractivity (Wildman–Crippen MR) is 53.5 cm³/mol. The minimum atomic E-state index is 0.509. The fraction of sp³-hybridized carbons (Fsp3) is 0.300. The molecule has 0 aromatic carbocycles. The zero-order chi connectivity index (χ0) is 9.10. The molecule has 1 aromatic heterocycles. The molecule has 3 nitrogen and oxygen atoms in total. The molecular weight excluding hydrogens is 162 g/mol. The Morgan fingerprint density at radius 2 is 2.08 bits per heavy atom. The van der Waals surface area contributed by atoms with Crippen LogP contribution in [0.25, 0.3) is 0 Å². The van der Waals surface area contributed by atoms with Gasteiger partial charge in [0.05, 0.1) is 5.69 Å². The van der Waals surface area contributed by atoms with E-state index in [0.717, 1.165) is 24.6 Å². The van der Waals surface area contributed by atoms with Crippen LogP contribution < -0.4 is 10.6 Å². The Bertz CT molecular complexity index is 312. The molecule has 2 rings (SSSR count). The van der Waals surface area contributed by atoms with Gasteiger partial charge in [-0.2, -0.15) is 0 Å². The molecule has 1 aliphatic rings. The number of hydrogen-bond donors (Lipinski definition) is 1. The minimum Gasteiger partial charge on any atom is -0.349 e. The highest BCUT2D eigenvalue weighted by Gasteiger charge is 2.08. The second kappa shape index (κ2) is 3.58. The summed E-state index contributed by atoms with van der Waals surface area (Å²) in [5.74, 6) is 1.02. The molecule has 0 fully saturated rings. The van der Waals surface area contributed by atoms with E-state index in [1.54, 1.807) is 0 Å². The average molecular weight is 175 g/mol. The number of nitrogens with two attached hydrogens (primary N) is 1. The number of nitrogens with zero attached hydrogens (tertiary/aromatic N) is 2. The van der Waals surface area contributed by atoms with Crippen LogP contribution in [0.4, 0.5) is 5.82 Å². The van der Waals surface area contributed by atoms with E-state index in [2.05, 4.69) is 22.0 Å². The zero-order valence-corrected chi connectivity index (χ0v) is 7.48. The van der Waals surface area contributed by atoms with Gasteiger partial charge < -0.3 is 10.6 Å². The highest BCUT2D eigenvalue weighted by atomic mass is 15.2. The first-order valence-corrected chi connectivity index (χ1v) is 4.46. The number of pyridine rings is 1. The van der Waals surface area contributed by atoms with E-state index in [1.165, 1.54) is 0 Å². The molecule has 1 aliphatic heterocycles. The smallest absolute Gasteiger partial charge is 0.129 e. The maximum atomic E-state index is 5.52. The molecule has 0 amide bonds. The first kappa shape index (κ1) is 8.26. The number of rotatable bonds is 2. The summed E-state index contributed by atoms with van der Waals surface area (Å²) in [6, 6.07) is 5.97. The second-order valence-electron chi connectivity index (χ2n) is 3.07. The fourth-order valence-electron chi connectivity index (χ4n) is 1.42. The van der Waals surface area contributed by atoms with Gasteiger partial charge in [0, 0.05) is 19.6 Å². The van der Waals surface area contributed by atoms with Gasteiger partial charge in [0.2, 0.25) is 0 Å². The molecule has 2 heterocycles. The standard InChI is InChI=1S/C10H13N3/c11-8-9-4-3-5-10(12-9)13-6-1-2-7-13/h1-5H,6-8,11H2. The van der Waals surface area contributed by atoms with Crippen LogP contribution in [0, 0.1) is 0 Å². The van der Waals surface area contributed by atoms with Crippen molar-refractivity contribution in [3.63, 3.8) is 0 Å². The van der Waals surface area contributed by atoms with Crippen LogP contribution in [0.3, 0.4) is 0 Å². The molecule has 0 atom stereocenters. The highest BCUT2D eigenvalue weighted by Crippen LogP contribution is 2.13. The van der Waals surface area contributed by atoms with E-state index < -0.39 is 0 Å². The number of anilines is 1. The van der Waals surface area contributed by atoms with Gasteiger partial charge in [0.25, 0.3) is 0 Å². The van der Waals surface area contributed by atoms with Crippen molar-refractivity contribution in [1.29, 1.82) is 0 Å². The predicted octanol–water partition coefficient (Wildman–Crippen LogP) is 0.916. The van der Waals surface area contributed by atoms with Crippen molar-refractivity contribution in [1.82, 2.24) is 4.98 Å². The molecule has 0 saturated carbocycles. The van der Waals surface area contributed by atoms with Gasteiger partial charge in [0.1, 0.15) is 5.82 Å². The van der Waals surface area contributed by atoms with Crippen LogP contribution in [-0.4, -0.2) is 18.1 Å². The monoisotopic (exact) mass is 175 g/mol. The van der Waals surface area contributed by atoms with Crippen LogP contribution >= 0.6 is 0 Å². The first-order chi connectivity index (χ1) is 6.40.